The van der Waals surface area contributed by atoms with E-state index in [0.717, 1.165) is 0 Å². The lowest BCUT2D eigenvalue weighted by molar-refractivity contribution is 0.0989. The molecule has 1 rings (SSSR count). The summed E-state index contributed by atoms with van der Waals surface area (Å²) in [4.78, 5) is 11.7. The van der Waals surface area contributed by atoms with Crippen LogP contribution in [0.15, 0.2) is 24.3 Å². The molecule has 0 spiro atoms. The van der Waals surface area contributed by atoms with Crippen LogP contribution in [-0.2, 0) is 9.84 Å². The minimum absolute atomic E-state index is 0.00394. The number of carbonyl (C=O) groups excluding carboxylic acids is 1. The molecule has 1 aromatic carbocycles. The van der Waals surface area contributed by atoms with Gasteiger partial charge in [-0.15, -0.1) is 0 Å². The Balaban J connectivity index is 2.69. The predicted molar refractivity (Wildman–Crippen MR) is 68.7 cm³/mol. The van der Waals surface area contributed by atoms with Crippen LogP contribution in [0.25, 0.3) is 0 Å². The van der Waals surface area contributed by atoms with Crippen LogP contribution >= 0.6 is 0 Å². The Morgan fingerprint density at radius 1 is 1.35 bits per heavy atom. The van der Waals surface area contributed by atoms with E-state index < -0.39 is 15.1 Å². The molecular weight excluding hydrogens is 238 g/mol. The van der Waals surface area contributed by atoms with Gasteiger partial charge in [0.1, 0.15) is 0 Å². The van der Waals surface area contributed by atoms with Crippen LogP contribution < -0.4 is 5.73 Å². The standard InChI is InChI=1S/C12H17NO3S/c1-9(2)17(15,16)7-6-12(14)10-4-3-5-11(13)8-10/h3-5,8-9H,6-7,13H2,1-2H3. The highest BCUT2D eigenvalue weighted by atomic mass is 32.2. The Bertz CT molecular complexity index is 506. The van der Waals surface area contributed by atoms with Crippen LogP contribution in [0.1, 0.15) is 30.6 Å². The number of benzene rings is 1. The molecule has 0 atom stereocenters. The van der Waals surface area contributed by atoms with E-state index in [1.54, 1.807) is 38.1 Å². The van der Waals surface area contributed by atoms with Gasteiger partial charge in [0.25, 0.3) is 0 Å². The van der Waals surface area contributed by atoms with E-state index in [4.69, 9.17) is 5.73 Å². The average Bonchev–Trinajstić information content (AvgIpc) is 2.25. The van der Waals surface area contributed by atoms with Crippen molar-refractivity contribution in [2.45, 2.75) is 25.5 Å². The van der Waals surface area contributed by atoms with Crippen molar-refractivity contribution >= 4 is 21.3 Å². The second-order valence-electron chi connectivity index (χ2n) is 4.21. The molecule has 17 heavy (non-hydrogen) atoms. The zero-order valence-corrected chi connectivity index (χ0v) is 10.8. The number of hydrogen-bond donors (Lipinski definition) is 1. The van der Waals surface area contributed by atoms with Gasteiger partial charge in [-0.05, 0) is 26.0 Å². The van der Waals surface area contributed by atoms with Gasteiger partial charge in [0.05, 0.1) is 11.0 Å². The number of anilines is 1. The van der Waals surface area contributed by atoms with Gasteiger partial charge in [0.15, 0.2) is 15.6 Å². The number of sulfone groups is 1. The fourth-order valence-electron chi connectivity index (χ4n) is 1.33. The molecule has 0 amide bonds. The fraction of sp³-hybridized carbons (Fsp3) is 0.417. The van der Waals surface area contributed by atoms with Crippen molar-refractivity contribution in [1.82, 2.24) is 0 Å². The van der Waals surface area contributed by atoms with Crippen molar-refractivity contribution < 1.29 is 13.2 Å². The Morgan fingerprint density at radius 2 is 2.00 bits per heavy atom. The molecule has 0 aliphatic heterocycles. The van der Waals surface area contributed by atoms with E-state index >= 15 is 0 Å². The minimum atomic E-state index is -3.16. The van der Waals surface area contributed by atoms with E-state index in [1.165, 1.54) is 0 Å². The summed E-state index contributed by atoms with van der Waals surface area (Å²) < 4.78 is 23.1. The Labute approximate surface area is 102 Å². The Kier molecular flexibility index (Phi) is 4.28. The van der Waals surface area contributed by atoms with Crippen molar-refractivity contribution in [3.63, 3.8) is 0 Å². The molecule has 0 saturated carbocycles. The molecule has 0 radical (unpaired) electrons. The van der Waals surface area contributed by atoms with Crippen LogP contribution in [0, 0.1) is 0 Å². The molecule has 4 nitrogen and oxygen atoms in total. The number of ketones is 1. The molecule has 0 aliphatic carbocycles. The molecule has 94 valence electrons. The summed E-state index contributed by atoms with van der Waals surface area (Å²) >= 11 is 0. The molecule has 1 aromatic rings. The maximum atomic E-state index is 11.7. The smallest absolute Gasteiger partial charge is 0.163 e. The Hall–Kier alpha value is -1.36. The van der Waals surface area contributed by atoms with E-state index in [2.05, 4.69) is 0 Å². The Morgan fingerprint density at radius 3 is 2.53 bits per heavy atom. The summed E-state index contributed by atoms with van der Waals surface area (Å²) in [5, 5.41) is -0.448. The summed E-state index contributed by atoms with van der Waals surface area (Å²) in [5.41, 5.74) is 6.52. The topological polar surface area (TPSA) is 77.2 Å². The van der Waals surface area contributed by atoms with Gasteiger partial charge in [-0.3, -0.25) is 4.79 Å². The summed E-state index contributed by atoms with van der Waals surface area (Å²) in [6.07, 6.45) is 0.00394. The van der Waals surface area contributed by atoms with Gasteiger partial charge < -0.3 is 5.73 Å². The van der Waals surface area contributed by atoms with Crippen LogP contribution in [0.2, 0.25) is 0 Å². The molecule has 0 aromatic heterocycles. The first-order chi connectivity index (χ1) is 7.83. The van der Waals surface area contributed by atoms with E-state index in [9.17, 15) is 13.2 Å². The number of rotatable bonds is 5. The SMILES string of the molecule is CC(C)S(=O)(=O)CCC(=O)c1cccc(N)c1. The van der Waals surface area contributed by atoms with Crippen LogP contribution in [0.3, 0.4) is 0 Å². The third kappa shape index (κ3) is 3.85. The first kappa shape index (κ1) is 13.7. The predicted octanol–water partition coefficient (Wildman–Crippen LogP) is 1.66. The number of Topliss-reactive ketones (excluding diaryl/α,β-unsaturated/α-hetero) is 1. The van der Waals surface area contributed by atoms with Crippen molar-refractivity contribution in [2.75, 3.05) is 11.5 Å². The number of nitrogen functional groups attached to an aromatic ring is 1. The lowest BCUT2D eigenvalue weighted by Gasteiger charge is -2.07. The zero-order valence-electron chi connectivity index (χ0n) is 10.0. The van der Waals surface area contributed by atoms with Crippen LogP contribution in [-0.4, -0.2) is 25.2 Å². The molecule has 0 unspecified atom stereocenters. The largest absolute Gasteiger partial charge is 0.399 e. The summed E-state index contributed by atoms with van der Waals surface area (Å²) in [7, 11) is -3.16. The highest BCUT2D eigenvalue weighted by Crippen LogP contribution is 2.11. The normalized spacial score (nSPS) is 11.7. The van der Waals surface area contributed by atoms with Crippen molar-refractivity contribution in [2.24, 2.45) is 0 Å². The first-order valence-electron chi connectivity index (χ1n) is 5.43. The molecular formula is C12H17NO3S. The van der Waals surface area contributed by atoms with Crippen molar-refractivity contribution in [1.29, 1.82) is 0 Å². The molecule has 0 bridgehead atoms. The quantitative estimate of drug-likeness (QED) is 0.641. The fourth-order valence-corrected chi connectivity index (χ4v) is 2.27. The highest BCUT2D eigenvalue weighted by Gasteiger charge is 2.18. The maximum absolute atomic E-state index is 11.7. The molecule has 0 saturated heterocycles. The molecule has 0 aliphatic rings. The second-order valence-corrected chi connectivity index (χ2v) is 6.89. The van der Waals surface area contributed by atoms with Gasteiger partial charge >= 0.3 is 0 Å². The van der Waals surface area contributed by atoms with Crippen LogP contribution in [0.5, 0.6) is 0 Å². The summed E-state index contributed by atoms with van der Waals surface area (Å²) in [6.45, 7) is 3.22. The highest BCUT2D eigenvalue weighted by molar-refractivity contribution is 7.91. The average molecular weight is 255 g/mol. The van der Waals surface area contributed by atoms with Crippen molar-refractivity contribution in [3.05, 3.63) is 29.8 Å². The lowest BCUT2D eigenvalue weighted by atomic mass is 10.1. The maximum Gasteiger partial charge on any atom is 0.163 e. The van der Waals surface area contributed by atoms with E-state index in [-0.39, 0.29) is 18.0 Å². The number of hydrogen-bond acceptors (Lipinski definition) is 4. The number of carbonyl (C=O) groups is 1. The van der Waals surface area contributed by atoms with Gasteiger partial charge in [-0.1, -0.05) is 12.1 Å². The monoisotopic (exact) mass is 255 g/mol. The summed E-state index contributed by atoms with van der Waals surface area (Å²) in [6, 6.07) is 6.56. The van der Waals surface area contributed by atoms with Crippen molar-refractivity contribution in [3.8, 4) is 0 Å². The minimum Gasteiger partial charge on any atom is -0.399 e. The second kappa shape index (κ2) is 5.31. The third-order valence-corrected chi connectivity index (χ3v) is 4.75. The van der Waals surface area contributed by atoms with E-state index in [1.807, 2.05) is 0 Å². The molecule has 0 heterocycles. The van der Waals surface area contributed by atoms with Crippen LogP contribution in [0.4, 0.5) is 5.69 Å². The molecule has 2 N–H and O–H groups in total. The van der Waals surface area contributed by atoms with Gasteiger partial charge in [-0.25, -0.2) is 8.42 Å². The lowest BCUT2D eigenvalue weighted by Crippen LogP contribution is -2.19. The zero-order chi connectivity index (χ0) is 13.1. The van der Waals surface area contributed by atoms with E-state index in [0.29, 0.717) is 11.3 Å². The first-order valence-corrected chi connectivity index (χ1v) is 7.15. The molecule has 5 heteroatoms. The van der Waals surface area contributed by atoms with Gasteiger partial charge in [0.2, 0.25) is 0 Å². The van der Waals surface area contributed by atoms with Gasteiger partial charge in [-0.2, -0.15) is 0 Å². The third-order valence-electron chi connectivity index (χ3n) is 2.54. The van der Waals surface area contributed by atoms with Gasteiger partial charge in [0, 0.05) is 17.7 Å². The molecule has 0 fully saturated rings. The number of nitrogens with two attached hydrogens (primary N) is 1. The summed E-state index contributed by atoms with van der Waals surface area (Å²) in [5.74, 6) is -0.306.